The number of rotatable bonds is 9. The predicted molar refractivity (Wildman–Crippen MR) is 257 cm³/mol. The zero-order chi connectivity index (χ0) is 41.6. The van der Waals surface area contributed by atoms with E-state index in [9.17, 15) is 0 Å². The molecule has 4 aromatic rings. The normalized spacial score (nSPS) is 21.2. The summed E-state index contributed by atoms with van der Waals surface area (Å²) >= 11 is 0. The third-order valence-electron chi connectivity index (χ3n) is 13.0. The molecule has 5 aliphatic rings. The Morgan fingerprint density at radius 2 is 1.08 bits per heavy atom. The summed E-state index contributed by atoms with van der Waals surface area (Å²) < 4.78 is 0. The van der Waals surface area contributed by atoms with Crippen molar-refractivity contribution in [3.63, 3.8) is 0 Å². The largest absolute Gasteiger partial charge is 0.370 e. The third kappa shape index (κ3) is 11.9. The van der Waals surface area contributed by atoms with Gasteiger partial charge >= 0.3 is 0 Å². The quantitative estimate of drug-likeness (QED) is 0.168. The first-order valence-corrected chi connectivity index (χ1v) is 23.5. The minimum absolute atomic E-state index is 0.740. The van der Waals surface area contributed by atoms with E-state index in [0.29, 0.717) is 0 Å². The van der Waals surface area contributed by atoms with Gasteiger partial charge in [-0.1, -0.05) is 51.0 Å². The molecular formula is C53H68N8. The highest BCUT2D eigenvalue weighted by atomic mass is 15.2. The fourth-order valence-electron chi connectivity index (χ4n) is 9.92. The minimum Gasteiger partial charge on any atom is -0.370 e. The molecule has 0 spiro atoms. The third-order valence-corrected chi connectivity index (χ3v) is 13.0. The Kier molecular flexibility index (Phi) is 15.2. The molecule has 0 bridgehead atoms. The summed E-state index contributed by atoms with van der Waals surface area (Å²) in [7, 11) is 0. The molecule has 8 nitrogen and oxygen atoms in total. The molecule has 4 aliphatic heterocycles. The van der Waals surface area contributed by atoms with Crippen molar-refractivity contribution < 1.29 is 0 Å². The standard InChI is InChI=1S/C27H34N4.C26H34N4/c1-2-9-25(8-1)30-16-5-17-31(19-18-30)26-12-10-22(11-13-26)20-23-6-4-15-29-27(23)24-7-3-14-28-21-24;1-21(2)20-29-14-5-15-30(17-16-29)25-10-8-22(9-11-25)18-23-6-4-13-28-26(23)24-7-3-12-27-19-24/h3,7,10-14,20-21,25H,1-2,4-6,8-9,15-19H2;3,7-12,18-19,21H,4-6,13-17,20H2,1-2H3. The highest BCUT2D eigenvalue weighted by Crippen LogP contribution is 2.28. The van der Waals surface area contributed by atoms with Crippen LogP contribution in [0.2, 0.25) is 0 Å². The molecule has 9 rings (SSSR count). The second-order valence-corrected chi connectivity index (χ2v) is 18.0. The average Bonchev–Trinajstić information content (AvgIpc) is 3.60. The molecule has 2 saturated heterocycles. The summed E-state index contributed by atoms with van der Waals surface area (Å²) in [6, 6.07) is 27.3. The first-order chi connectivity index (χ1) is 30.1. The molecule has 2 aromatic heterocycles. The van der Waals surface area contributed by atoms with Crippen molar-refractivity contribution in [1.29, 1.82) is 0 Å². The minimum atomic E-state index is 0.740. The Labute approximate surface area is 366 Å². The number of hydrogen-bond acceptors (Lipinski definition) is 8. The van der Waals surface area contributed by atoms with Crippen molar-refractivity contribution in [3.8, 4) is 0 Å². The number of allylic oxidation sites excluding steroid dienone is 2. The molecule has 1 saturated carbocycles. The van der Waals surface area contributed by atoms with E-state index in [1.807, 2.05) is 36.9 Å². The van der Waals surface area contributed by atoms with E-state index in [2.05, 4.69) is 116 Å². The summed E-state index contributed by atoms with van der Waals surface area (Å²) in [4.78, 5) is 28.7. The Bertz CT molecular complexity index is 2080. The zero-order valence-electron chi connectivity index (χ0n) is 37.0. The molecule has 61 heavy (non-hydrogen) atoms. The van der Waals surface area contributed by atoms with Crippen molar-refractivity contribution in [2.45, 2.75) is 84.1 Å². The van der Waals surface area contributed by atoms with Crippen molar-refractivity contribution >= 4 is 35.0 Å². The summed E-state index contributed by atoms with van der Waals surface area (Å²) in [5.74, 6) is 0.740. The molecule has 0 radical (unpaired) electrons. The molecule has 6 heterocycles. The van der Waals surface area contributed by atoms with Crippen LogP contribution in [-0.4, -0.2) is 109 Å². The van der Waals surface area contributed by atoms with Gasteiger partial charge in [0, 0.05) is 119 Å². The van der Waals surface area contributed by atoms with E-state index in [0.717, 1.165) is 99.5 Å². The van der Waals surface area contributed by atoms with Gasteiger partial charge in [-0.05, 0) is 147 Å². The fraction of sp³-hybridized carbons (Fsp3) is 0.472. The van der Waals surface area contributed by atoms with Crippen molar-refractivity contribution in [1.82, 2.24) is 19.8 Å². The highest BCUT2D eigenvalue weighted by molar-refractivity contribution is 6.15. The molecule has 0 atom stereocenters. The topological polar surface area (TPSA) is 63.5 Å². The smallest absolute Gasteiger partial charge is 0.0694 e. The number of aromatic nitrogens is 2. The van der Waals surface area contributed by atoms with Crippen LogP contribution in [0.4, 0.5) is 11.4 Å². The Morgan fingerprint density at radius 1 is 0.557 bits per heavy atom. The lowest BCUT2D eigenvalue weighted by molar-refractivity contribution is 0.213. The van der Waals surface area contributed by atoms with Gasteiger partial charge in [-0.15, -0.1) is 0 Å². The predicted octanol–water partition coefficient (Wildman–Crippen LogP) is 10.1. The fourth-order valence-corrected chi connectivity index (χ4v) is 9.92. The van der Waals surface area contributed by atoms with Crippen molar-refractivity contribution in [2.24, 2.45) is 15.9 Å². The Hall–Kier alpha value is -4.92. The van der Waals surface area contributed by atoms with Crippen LogP contribution in [0.3, 0.4) is 0 Å². The monoisotopic (exact) mass is 817 g/mol. The first kappa shape index (κ1) is 42.8. The maximum Gasteiger partial charge on any atom is 0.0694 e. The van der Waals surface area contributed by atoms with E-state index in [1.54, 1.807) is 0 Å². The molecule has 320 valence electrons. The lowest BCUT2D eigenvalue weighted by atomic mass is 9.95. The summed E-state index contributed by atoms with van der Waals surface area (Å²) in [5, 5.41) is 0. The number of pyridine rings is 2. The molecule has 0 unspecified atom stereocenters. The molecule has 2 aromatic carbocycles. The van der Waals surface area contributed by atoms with Gasteiger partial charge in [0.2, 0.25) is 0 Å². The van der Waals surface area contributed by atoms with Crippen molar-refractivity contribution in [3.05, 3.63) is 131 Å². The van der Waals surface area contributed by atoms with E-state index in [1.165, 1.54) is 105 Å². The van der Waals surface area contributed by atoms with Crippen LogP contribution in [0.5, 0.6) is 0 Å². The average molecular weight is 817 g/mol. The van der Waals surface area contributed by atoms with E-state index >= 15 is 0 Å². The van der Waals surface area contributed by atoms with Crippen LogP contribution < -0.4 is 9.80 Å². The van der Waals surface area contributed by atoms with Crippen LogP contribution in [0, 0.1) is 5.92 Å². The van der Waals surface area contributed by atoms with Gasteiger partial charge in [-0.3, -0.25) is 24.9 Å². The zero-order valence-corrected chi connectivity index (χ0v) is 37.0. The van der Waals surface area contributed by atoms with Gasteiger partial charge in [-0.2, -0.15) is 0 Å². The summed E-state index contributed by atoms with van der Waals surface area (Å²) in [5.41, 5.74) is 12.3. The van der Waals surface area contributed by atoms with Crippen LogP contribution in [-0.2, 0) is 0 Å². The maximum absolute atomic E-state index is 4.81. The van der Waals surface area contributed by atoms with Gasteiger partial charge in [0.1, 0.15) is 0 Å². The maximum atomic E-state index is 4.81. The van der Waals surface area contributed by atoms with Crippen LogP contribution in [0.25, 0.3) is 12.2 Å². The van der Waals surface area contributed by atoms with Crippen LogP contribution >= 0.6 is 0 Å². The Morgan fingerprint density at radius 3 is 1.59 bits per heavy atom. The first-order valence-electron chi connectivity index (χ1n) is 23.5. The van der Waals surface area contributed by atoms with Gasteiger partial charge in [0.05, 0.1) is 11.4 Å². The second kappa shape index (κ2) is 21.7. The van der Waals surface area contributed by atoms with Crippen LogP contribution in [0.1, 0.15) is 100 Å². The van der Waals surface area contributed by atoms with Gasteiger partial charge < -0.3 is 14.7 Å². The Balaban J connectivity index is 0.000000169. The molecular weight excluding hydrogens is 749 g/mol. The van der Waals surface area contributed by atoms with Gasteiger partial charge in [0.25, 0.3) is 0 Å². The number of aliphatic imine (C=N–C) groups is 2. The van der Waals surface area contributed by atoms with Crippen molar-refractivity contribution in [2.75, 3.05) is 81.8 Å². The molecule has 1 aliphatic carbocycles. The van der Waals surface area contributed by atoms with Gasteiger partial charge in [0.15, 0.2) is 0 Å². The molecule has 0 amide bonds. The molecule has 3 fully saturated rings. The van der Waals surface area contributed by atoms with Crippen LogP contribution in [0.15, 0.2) is 119 Å². The summed E-state index contributed by atoms with van der Waals surface area (Å²) in [6.07, 6.45) is 24.7. The van der Waals surface area contributed by atoms with E-state index < -0.39 is 0 Å². The van der Waals surface area contributed by atoms with E-state index in [-0.39, 0.29) is 0 Å². The number of nitrogens with zero attached hydrogens (tertiary/aromatic N) is 8. The lowest BCUT2D eigenvalue weighted by Crippen LogP contribution is -2.36. The lowest BCUT2D eigenvalue weighted by Gasteiger charge is -2.27. The molecule has 8 heteroatoms. The number of hydrogen-bond donors (Lipinski definition) is 0. The number of anilines is 2. The SMILES string of the molecule is C(=C1CCCN=C1c1cccnc1)c1ccc(N2CCCN(C3CCCC3)CC2)cc1.CC(C)CN1CCCN(c2ccc(C=C3CCCN=C3c3cccnc3)cc2)CC1. The second-order valence-electron chi connectivity index (χ2n) is 18.0. The molecule has 0 N–H and O–H groups in total. The summed E-state index contributed by atoms with van der Waals surface area (Å²) in [6.45, 7) is 17.1. The van der Waals surface area contributed by atoms with Gasteiger partial charge in [-0.25, -0.2) is 0 Å². The highest BCUT2D eigenvalue weighted by Gasteiger charge is 2.25. The van der Waals surface area contributed by atoms with E-state index in [4.69, 9.17) is 9.98 Å². The number of benzene rings is 2.